The fraction of sp³-hybridized carbons (Fsp3) is 0.444. The summed E-state index contributed by atoms with van der Waals surface area (Å²) in [4.78, 5) is 39.3. The Balaban J connectivity index is 1.95. The van der Waals surface area contributed by atoms with Crippen molar-refractivity contribution in [2.75, 3.05) is 13.7 Å². The number of hydrogen-bond acceptors (Lipinski definition) is 4. The number of methoxy groups -OCH3 is 1. The van der Waals surface area contributed by atoms with Gasteiger partial charge in [-0.25, -0.2) is 8.78 Å². The molecule has 194 valence electrons. The van der Waals surface area contributed by atoms with E-state index in [1.54, 1.807) is 26.2 Å². The van der Waals surface area contributed by atoms with Crippen molar-refractivity contribution in [3.63, 3.8) is 0 Å². The molecule has 36 heavy (non-hydrogen) atoms. The quantitative estimate of drug-likeness (QED) is 0.503. The van der Waals surface area contributed by atoms with Crippen LogP contribution in [0.3, 0.4) is 0 Å². The monoisotopic (exact) mass is 517 g/mol. The molecule has 0 fully saturated rings. The average Bonchev–Trinajstić information content (AvgIpc) is 2.75. The van der Waals surface area contributed by atoms with Crippen molar-refractivity contribution < 1.29 is 33.0 Å². The highest BCUT2D eigenvalue weighted by Crippen LogP contribution is 2.34. The Morgan fingerprint density at radius 2 is 1.75 bits per heavy atom. The van der Waals surface area contributed by atoms with Gasteiger partial charge >= 0.3 is 5.97 Å². The minimum Gasteiger partial charge on any atom is -0.497 e. The predicted molar refractivity (Wildman–Crippen MR) is 135 cm³/mol. The smallest absolute Gasteiger partial charge is 0.303 e. The lowest BCUT2D eigenvalue weighted by Gasteiger charge is -2.37. The van der Waals surface area contributed by atoms with E-state index in [2.05, 4.69) is 0 Å². The Kier molecular flexibility index (Phi) is 8.33. The van der Waals surface area contributed by atoms with Gasteiger partial charge in [0.2, 0.25) is 5.91 Å². The molecule has 9 heteroatoms. The zero-order valence-corrected chi connectivity index (χ0v) is 22.4. The molecule has 0 radical (unpaired) electrons. The molecule has 2 aromatic rings. The summed E-state index contributed by atoms with van der Waals surface area (Å²) in [5.74, 6) is -2.76. The molecular weight excluding hydrogens is 484 g/mol. The number of fused-ring (bicyclic) bond motifs is 1. The molecule has 1 N–H and O–H groups in total. The van der Waals surface area contributed by atoms with Gasteiger partial charge in [-0.3, -0.25) is 14.4 Å². The van der Waals surface area contributed by atoms with E-state index in [1.165, 1.54) is 17.0 Å². The van der Waals surface area contributed by atoms with E-state index < -0.39 is 37.6 Å². The van der Waals surface area contributed by atoms with Gasteiger partial charge in [0.15, 0.2) is 5.78 Å². The number of ketones is 1. The lowest BCUT2D eigenvalue weighted by molar-refractivity contribution is -0.142. The minimum atomic E-state index is -2.27. The summed E-state index contributed by atoms with van der Waals surface area (Å²) < 4.78 is 35.0. The third-order valence-corrected chi connectivity index (χ3v) is 8.46. The Morgan fingerprint density at radius 3 is 2.31 bits per heavy atom. The number of hydrogen-bond donors (Lipinski definition) is 1. The summed E-state index contributed by atoms with van der Waals surface area (Å²) in [6, 6.07) is 6.77. The molecular formula is C27H33F2NO5Si. The van der Waals surface area contributed by atoms with Crippen molar-refractivity contribution in [2.45, 2.75) is 58.3 Å². The van der Waals surface area contributed by atoms with Crippen LogP contribution in [0.1, 0.15) is 42.5 Å². The van der Waals surface area contributed by atoms with Gasteiger partial charge in [-0.15, -0.1) is 0 Å². The molecule has 0 saturated carbocycles. The molecule has 2 atom stereocenters. The number of carbonyl (C=O) groups excluding carboxylic acids is 2. The topological polar surface area (TPSA) is 83.9 Å². The highest BCUT2D eigenvalue weighted by molar-refractivity contribution is 6.88. The first-order valence-electron chi connectivity index (χ1n) is 12.0. The Bertz CT molecular complexity index is 1150. The molecule has 1 amide bonds. The summed E-state index contributed by atoms with van der Waals surface area (Å²) in [6.07, 6.45) is 0.0810. The van der Waals surface area contributed by atoms with Crippen LogP contribution >= 0.6 is 0 Å². The summed E-state index contributed by atoms with van der Waals surface area (Å²) in [5, 5.41) is 9.15. The summed E-state index contributed by atoms with van der Waals surface area (Å²) in [7, 11) is -0.727. The summed E-state index contributed by atoms with van der Waals surface area (Å²) in [6.45, 7) is 7.49. The first-order valence-corrected chi connectivity index (χ1v) is 15.5. The van der Waals surface area contributed by atoms with E-state index in [0.29, 0.717) is 17.7 Å². The molecule has 6 nitrogen and oxygen atoms in total. The molecule has 1 heterocycles. The molecule has 0 aromatic heterocycles. The van der Waals surface area contributed by atoms with Crippen LogP contribution < -0.4 is 9.92 Å². The normalized spacial score (nSPS) is 16.3. The standard InChI is InChI=1S/C27H33F2NO5Si/c1-16(11-25(33)34)10-24(32)30-9-8-18-15-19(35-2)6-7-20(18)26(30)23(31)14-17-12-21(28)27(22(29)13-17)36(3,4)5/h6-7,12-13,15-16,26H,8-11,14H2,1-5H3,(H,33,34)/t16?,26-/m1/s1. The van der Waals surface area contributed by atoms with Crippen LogP contribution in [0.4, 0.5) is 8.78 Å². The van der Waals surface area contributed by atoms with Crippen molar-refractivity contribution in [2.24, 2.45) is 5.92 Å². The van der Waals surface area contributed by atoms with Crippen molar-refractivity contribution >= 4 is 30.9 Å². The zero-order valence-electron chi connectivity index (χ0n) is 21.4. The number of nitrogens with zero attached hydrogens (tertiary/aromatic N) is 1. The van der Waals surface area contributed by atoms with Gasteiger partial charge in [-0.2, -0.15) is 0 Å². The van der Waals surface area contributed by atoms with E-state index in [0.717, 1.165) is 5.56 Å². The number of halogens is 2. The number of rotatable bonds is 9. The Hall–Kier alpha value is -3.07. The molecule has 1 aliphatic rings. The second kappa shape index (κ2) is 10.9. The predicted octanol–water partition coefficient (Wildman–Crippen LogP) is 4.26. The SMILES string of the molecule is COc1ccc2c(c1)CCN(C(=O)CC(C)CC(=O)O)[C@H]2C(=O)Cc1cc(F)c([Si](C)(C)C)c(F)c1. The van der Waals surface area contributed by atoms with Crippen LogP contribution in [0.15, 0.2) is 30.3 Å². The summed E-state index contributed by atoms with van der Waals surface area (Å²) in [5.41, 5.74) is 1.72. The number of ether oxygens (including phenoxy) is 1. The third kappa shape index (κ3) is 6.18. The van der Waals surface area contributed by atoms with Gasteiger partial charge in [0.25, 0.3) is 0 Å². The third-order valence-electron chi connectivity index (χ3n) is 6.48. The van der Waals surface area contributed by atoms with Gasteiger partial charge in [0.1, 0.15) is 23.4 Å². The van der Waals surface area contributed by atoms with E-state index in [-0.39, 0.29) is 48.2 Å². The fourth-order valence-electron chi connectivity index (χ4n) is 4.87. The molecule has 0 saturated heterocycles. The number of carboxylic acid groups (broad SMARTS) is 1. The van der Waals surface area contributed by atoms with Crippen LogP contribution in [-0.2, 0) is 27.2 Å². The number of carboxylic acids is 1. The first-order chi connectivity index (χ1) is 16.8. The van der Waals surface area contributed by atoms with E-state index in [4.69, 9.17) is 9.84 Å². The molecule has 1 unspecified atom stereocenters. The van der Waals surface area contributed by atoms with Crippen LogP contribution in [0.25, 0.3) is 0 Å². The average molecular weight is 518 g/mol. The van der Waals surface area contributed by atoms with Crippen LogP contribution in [0.5, 0.6) is 5.75 Å². The number of benzene rings is 2. The largest absolute Gasteiger partial charge is 0.497 e. The number of carbonyl (C=O) groups is 3. The highest BCUT2D eigenvalue weighted by atomic mass is 28.3. The molecule has 2 aromatic carbocycles. The zero-order chi connectivity index (χ0) is 26.8. The molecule has 0 aliphatic carbocycles. The maximum absolute atomic E-state index is 14.8. The van der Waals surface area contributed by atoms with Gasteiger partial charge in [0, 0.05) is 31.0 Å². The number of aliphatic carboxylic acids is 1. The molecule has 0 bridgehead atoms. The van der Waals surface area contributed by atoms with Gasteiger partial charge < -0.3 is 14.7 Å². The van der Waals surface area contributed by atoms with Crippen molar-refractivity contribution in [1.82, 2.24) is 4.90 Å². The van der Waals surface area contributed by atoms with E-state index in [9.17, 15) is 23.2 Å². The molecule has 3 rings (SSSR count). The fourth-order valence-corrected chi connectivity index (χ4v) is 6.45. The summed E-state index contributed by atoms with van der Waals surface area (Å²) >= 11 is 0. The van der Waals surface area contributed by atoms with E-state index >= 15 is 0 Å². The van der Waals surface area contributed by atoms with Gasteiger partial charge in [-0.05, 0) is 53.3 Å². The molecule has 0 spiro atoms. The maximum atomic E-state index is 14.8. The second-order valence-electron chi connectivity index (χ2n) is 10.5. The van der Waals surface area contributed by atoms with Crippen LogP contribution in [0.2, 0.25) is 19.6 Å². The van der Waals surface area contributed by atoms with Crippen LogP contribution in [0, 0.1) is 17.6 Å². The van der Waals surface area contributed by atoms with Crippen LogP contribution in [-0.4, -0.2) is 49.4 Å². The highest BCUT2D eigenvalue weighted by Gasteiger charge is 2.36. The van der Waals surface area contributed by atoms with Crippen molar-refractivity contribution in [3.8, 4) is 5.75 Å². The minimum absolute atomic E-state index is 0.0181. The lowest BCUT2D eigenvalue weighted by atomic mass is 9.87. The maximum Gasteiger partial charge on any atom is 0.303 e. The molecule has 1 aliphatic heterocycles. The number of amides is 1. The van der Waals surface area contributed by atoms with E-state index in [1.807, 2.05) is 25.7 Å². The van der Waals surface area contributed by atoms with Gasteiger partial charge in [-0.1, -0.05) is 32.6 Å². The van der Waals surface area contributed by atoms with Crippen molar-refractivity contribution in [3.05, 3.63) is 58.7 Å². The Morgan fingerprint density at radius 1 is 1.11 bits per heavy atom. The lowest BCUT2D eigenvalue weighted by Crippen LogP contribution is -2.45. The second-order valence-corrected chi connectivity index (χ2v) is 15.5. The van der Waals surface area contributed by atoms with Crippen molar-refractivity contribution in [1.29, 1.82) is 0 Å². The van der Waals surface area contributed by atoms with Gasteiger partial charge in [0.05, 0.1) is 15.2 Å². The Labute approximate surface area is 211 Å². The number of Topliss-reactive ketones (excluding diaryl/α,β-unsaturated/α-hetero) is 1. The first kappa shape index (κ1) is 27.5.